The molecule has 0 radical (unpaired) electrons. The summed E-state index contributed by atoms with van der Waals surface area (Å²) in [7, 11) is 1.70. The minimum Gasteiger partial charge on any atom is -0.497 e. The van der Waals surface area contributed by atoms with Crippen LogP contribution < -0.4 is 4.74 Å². The van der Waals surface area contributed by atoms with Crippen LogP contribution in [0.2, 0.25) is 0 Å². The van der Waals surface area contributed by atoms with Crippen molar-refractivity contribution in [3.05, 3.63) is 75.2 Å². The lowest BCUT2D eigenvalue weighted by Crippen LogP contribution is -2.48. The molecule has 3 aromatic carbocycles. The maximum absolute atomic E-state index is 11.0. The van der Waals surface area contributed by atoms with Gasteiger partial charge in [-0.2, -0.15) is 0 Å². The number of β-amino-alcohol motifs (C(OH)–C–C–N with tert-alkyl or cyclic N) is 1. The molecule has 0 saturated carbocycles. The van der Waals surface area contributed by atoms with E-state index >= 15 is 0 Å². The Morgan fingerprint density at radius 3 is 1.91 bits per heavy atom. The molecule has 1 unspecified atom stereocenters. The topological polar surface area (TPSA) is 40.9 Å². The van der Waals surface area contributed by atoms with E-state index in [0.29, 0.717) is 13.1 Å². The lowest BCUT2D eigenvalue weighted by atomic mass is 10.2. The largest absolute Gasteiger partial charge is 0.497 e. The monoisotopic (exact) mass is 585 g/mol. The molecule has 5 rings (SSSR count). The molecule has 1 N–H and O–H groups in total. The van der Waals surface area contributed by atoms with Crippen molar-refractivity contribution < 1.29 is 9.84 Å². The van der Waals surface area contributed by atoms with Crippen LogP contribution >= 0.6 is 31.9 Å². The summed E-state index contributed by atoms with van der Waals surface area (Å²) < 4.78 is 9.64. The van der Waals surface area contributed by atoms with E-state index in [1.807, 2.05) is 12.1 Å². The lowest BCUT2D eigenvalue weighted by molar-refractivity contribution is 0.0634. The number of methoxy groups -OCH3 is 1. The van der Waals surface area contributed by atoms with Crippen LogP contribution in [0.1, 0.15) is 5.56 Å². The Kier molecular flexibility index (Phi) is 7.27. The molecular weight excluding hydrogens is 558 g/mol. The Balaban J connectivity index is 1.22. The first-order chi connectivity index (χ1) is 16.5. The zero-order chi connectivity index (χ0) is 23.7. The lowest BCUT2D eigenvalue weighted by Gasteiger charge is -2.35. The van der Waals surface area contributed by atoms with Gasteiger partial charge in [0.05, 0.1) is 19.8 Å². The average molecular weight is 587 g/mol. The first-order valence-electron chi connectivity index (χ1n) is 11.6. The molecule has 7 heteroatoms. The Morgan fingerprint density at radius 1 is 0.794 bits per heavy atom. The van der Waals surface area contributed by atoms with E-state index < -0.39 is 6.10 Å². The predicted octanol–water partition coefficient (Wildman–Crippen LogP) is 5.51. The summed E-state index contributed by atoms with van der Waals surface area (Å²) in [6, 6.07) is 21.1. The van der Waals surface area contributed by atoms with Gasteiger partial charge < -0.3 is 14.4 Å². The third kappa shape index (κ3) is 5.19. The van der Waals surface area contributed by atoms with Crippen molar-refractivity contribution in [3.63, 3.8) is 0 Å². The molecule has 0 spiro atoms. The highest BCUT2D eigenvalue weighted by molar-refractivity contribution is 9.10. The summed E-state index contributed by atoms with van der Waals surface area (Å²) in [5.74, 6) is 0.895. The van der Waals surface area contributed by atoms with E-state index in [9.17, 15) is 5.11 Å². The SMILES string of the molecule is COc1ccc(CN2CCN(CC(O)Cn3c4ccc(Br)cc4c4cc(Br)ccc43)CC2)cc1. The highest BCUT2D eigenvalue weighted by Crippen LogP contribution is 2.33. The number of nitrogens with zero attached hydrogens (tertiary/aromatic N) is 3. The molecule has 1 fully saturated rings. The number of halogens is 2. The fourth-order valence-corrected chi connectivity index (χ4v) is 5.65. The van der Waals surface area contributed by atoms with Gasteiger partial charge in [-0.15, -0.1) is 0 Å². The molecule has 1 aliphatic heterocycles. The number of piperazine rings is 1. The van der Waals surface area contributed by atoms with Crippen molar-refractivity contribution in [2.75, 3.05) is 39.8 Å². The van der Waals surface area contributed by atoms with Gasteiger partial charge in [0.25, 0.3) is 0 Å². The maximum atomic E-state index is 11.0. The van der Waals surface area contributed by atoms with Crippen LogP contribution in [0.4, 0.5) is 0 Å². The Labute approximate surface area is 217 Å². The molecule has 0 amide bonds. The van der Waals surface area contributed by atoms with Crippen LogP contribution in [0.25, 0.3) is 21.8 Å². The summed E-state index contributed by atoms with van der Waals surface area (Å²) in [4.78, 5) is 4.86. The number of hydrogen-bond acceptors (Lipinski definition) is 4. The number of benzene rings is 3. The van der Waals surface area contributed by atoms with E-state index in [1.165, 1.54) is 16.3 Å². The van der Waals surface area contributed by atoms with Gasteiger partial charge >= 0.3 is 0 Å². The zero-order valence-corrected chi connectivity index (χ0v) is 22.4. The van der Waals surface area contributed by atoms with Crippen molar-refractivity contribution in [1.82, 2.24) is 14.4 Å². The van der Waals surface area contributed by atoms with Gasteiger partial charge in [-0.05, 0) is 54.1 Å². The zero-order valence-electron chi connectivity index (χ0n) is 19.3. The number of aliphatic hydroxyl groups is 1. The number of ether oxygens (including phenoxy) is 1. The molecular formula is C27H29Br2N3O2. The molecule has 0 aliphatic carbocycles. The summed E-state index contributed by atoms with van der Waals surface area (Å²) in [6.07, 6.45) is -0.431. The van der Waals surface area contributed by atoms with E-state index in [-0.39, 0.29) is 0 Å². The summed E-state index contributed by atoms with van der Waals surface area (Å²) in [5, 5.41) is 13.4. The Bertz CT molecular complexity index is 1220. The second-order valence-electron chi connectivity index (χ2n) is 9.01. The molecule has 1 atom stereocenters. The second-order valence-corrected chi connectivity index (χ2v) is 10.8. The third-order valence-electron chi connectivity index (χ3n) is 6.68. The van der Waals surface area contributed by atoms with Gasteiger partial charge in [0.15, 0.2) is 0 Å². The van der Waals surface area contributed by atoms with Gasteiger partial charge in [-0.3, -0.25) is 9.80 Å². The normalized spacial score (nSPS) is 16.4. The number of aliphatic hydroxyl groups excluding tert-OH is 1. The van der Waals surface area contributed by atoms with Crippen LogP contribution in [-0.2, 0) is 13.1 Å². The predicted molar refractivity (Wildman–Crippen MR) is 146 cm³/mol. The van der Waals surface area contributed by atoms with Gasteiger partial charge in [0, 0.05) is 70.0 Å². The van der Waals surface area contributed by atoms with Gasteiger partial charge in [-0.1, -0.05) is 44.0 Å². The van der Waals surface area contributed by atoms with Crippen molar-refractivity contribution in [2.24, 2.45) is 0 Å². The Hall–Kier alpha value is -1.90. The third-order valence-corrected chi connectivity index (χ3v) is 7.67. The molecule has 178 valence electrons. The van der Waals surface area contributed by atoms with Crippen LogP contribution in [0.3, 0.4) is 0 Å². The van der Waals surface area contributed by atoms with Crippen molar-refractivity contribution in [3.8, 4) is 5.75 Å². The Morgan fingerprint density at radius 2 is 1.35 bits per heavy atom. The minimum absolute atomic E-state index is 0.431. The number of fused-ring (bicyclic) bond motifs is 3. The summed E-state index contributed by atoms with van der Waals surface area (Å²) in [5.41, 5.74) is 3.61. The van der Waals surface area contributed by atoms with Crippen LogP contribution in [-0.4, -0.2) is 65.4 Å². The maximum Gasteiger partial charge on any atom is 0.118 e. The van der Waals surface area contributed by atoms with Crippen LogP contribution in [0, 0.1) is 0 Å². The number of aromatic nitrogens is 1. The highest BCUT2D eigenvalue weighted by atomic mass is 79.9. The van der Waals surface area contributed by atoms with E-state index in [2.05, 4.69) is 94.8 Å². The van der Waals surface area contributed by atoms with E-state index in [1.54, 1.807) is 7.11 Å². The minimum atomic E-state index is -0.431. The molecule has 5 nitrogen and oxygen atoms in total. The molecule has 1 aliphatic rings. The smallest absolute Gasteiger partial charge is 0.118 e. The molecule has 34 heavy (non-hydrogen) atoms. The van der Waals surface area contributed by atoms with E-state index in [4.69, 9.17) is 4.74 Å². The van der Waals surface area contributed by atoms with Gasteiger partial charge in [0.1, 0.15) is 5.75 Å². The standard InChI is InChI=1S/C27H29Br2N3O2/c1-34-23-6-2-19(3-7-23)16-30-10-12-31(13-11-30)17-22(33)18-32-26-8-4-20(28)14-24(26)25-15-21(29)5-9-27(25)32/h2-9,14-15,22,33H,10-13,16-18H2,1H3. The second kappa shape index (κ2) is 10.4. The fourth-order valence-electron chi connectivity index (χ4n) is 4.93. The molecule has 1 aromatic heterocycles. The van der Waals surface area contributed by atoms with E-state index in [0.717, 1.165) is 58.5 Å². The molecule has 4 aromatic rings. The van der Waals surface area contributed by atoms with Crippen molar-refractivity contribution in [2.45, 2.75) is 19.2 Å². The van der Waals surface area contributed by atoms with Crippen LogP contribution in [0.5, 0.6) is 5.75 Å². The summed E-state index contributed by atoms with van der Waals surface area (Å²) >= 11 is 7.22. The number of hydrogen-bond donors (Lipinski definition) is 1. The van der Waals surface area contributed by atoms with Gasteiger partial charge in [0.2, 0.25) is 0 Å². The van der Waals surface area contributed by atoms with Gasteiger partial charge in [-0.25, -0.2) is 0 Å². The first kappa shape index (κ1) is 23.8. The van der Waals surface area contributed by atoms with Crippen LogP contribution in [0.15, 0.2) is 69.6 Å². The highest BCUT2D eigenvalue weighted by Gasteiger charge is 2.21. The summed E-state index contributed by atoms with van der Waals surface area (Å²) in [6.45, 7) is 6.18. The molecule has 2 heterocycles. The average Bonchev–Trinajstić information content (AvgIpc) is 3.12. The number of rotatable bonds is 7. The first-order valence-corrected chi connectivity index (χ1v) is 13.2. The van der Waals surface area contributed by atoms with Crippen molar-refractivity contribution in [1.29, 1.82) is 0 Å². The quantitative estimate of drug-likeness (QED) is 0.310. The molecule has 1 saturated heterocycles. The molecule has 0 bridgehead atoms. The van der Waals surface area contributed by atoms with Crippen molar-refractivity contribution >= 4 is 53.7 Å². The fraction of sp³-hybridized carbons (Fsp3) is 0.333.